The number of aromatic amines is 1. The van der Waals surface area contributed by atoms with Gasteiger partial charge in [0.05, 0.1) is 5.69 Å². The van der Waals surface area contributed by atoms with Crippen LogP contribution in [0.2, 0.25) is 5.02 Å². The first-order valence-electron chi connectivity index (χ1n) is 7.33. The van der Waals surface area contributed by atoms with E-state index >= 15 is 0 Å². The fourth-order valence-electron chi connectivity index (χ4n) is 2.33. The topological polar surface area (TPSA) is 96.7 Å². The monoisotopic (exact) mass is 341 g/mol. The van der Waals surface area contributed by atoms with Crippen LogP contribution in [-0.4, -0.2) is 20.9 Å². The van der Waals surface area contributed by atoms with E-state index in [1.807, 2.05) is 25.1 Å². The molecule has 2 heterocycles. The summed E-state index contributed by atoms with van der Waals surface area (Å²) in [7, 11) is 0. The molecule has 0 radical (unpaired) electrons. The van der Waals surface area contributed by atoms with Crippen LogP contribution in [-0.2, 0) is 6.54 Å². The van der Waals surface area contributed by atoms with Crippen LogP contribution in [0, 0.1) is 6.92 Å². The fourth-order valence-corrected chi connectivity index (χ4v) is 2.55. The molecule has 0 bridgehead atoms. The number of anilines is 1. The number of aromatic nitrogens is 3. The van der Waals surface area contributed by atoms with Gasteiger partial charge in [-0.15, -0.1) is 0 Å². The average molecular weight is 342 g/mol. The van der Waals surface area contributed by atoms with E-state index in [1.54, 1.807) is 24.5 Å². The third-order valence-corrected chi connectivity index (χ3v) is 3.77. The normalized spacial score (nSPS) is 10.6. The highest BCUT2D eigenvalue weighted by atomic mass is 35.5. The molecule has 7 heteroatoms. The molecule has 0 spiro atoms. The summed E-state index contributed by atoms with van der Waals surface area (Å²) in [6.45, 7) is 2.29. The van der Waals surface area contributed by atoms with Crippen molar-refractivity contribution in [3.05, 3.63) is 64.6 Å². The van der Waals surface area contributed by atoms with Crippen LogP contribution >= 0.6 is 11.6 Å². The zero-order valence-electron chi connectivity index (χ0n) is 13.0. The van der Waals surface area contributed by atoms with Crippen molar-refractivity contribution >= 4 is 23.5 Å². The molecule has 24 heavy (non-hydrogen) atoms. The second kappa shape index (κ2) is 6.72. The smallest absolute Gasteiger partial charge is 0.267 e. The Balaban J connectivity index is 1.73. The standard InChI is InChI=1S/C17H16ClN5O/c1-10-7-22-17(19)23-15(10)12-6-14(20-9-12)16(24)21-8-11-3-2-4-13(18)5-11/h2-7,9,20H,8H2,1H3,(H,21,24)(H2,19,22,23). The van der Waals surface area contributed by atoms with E-state index < -0.39 is 0 Å². The lowest BCUT2D eigenvalue weighted by atomic mass is 10.1. The second-order valence-corrected chi connectivity index (χ2v) is 5.81. The molecule has 0 aliphatic carbocycles. The quantitative estimate of drug-likeness (QED) is 0.679. The second-order valence-electron chi connectivity index (χ2n) is 5.37. The van der Waals surface area contributed by atoms with E-state index in [0.717, 1.165) is 16.7 Å². The van der Waals surface area contributed by atoms with Crippen LogP contribution in [0.5, 0.6) is 0 Å². The summed E-state index contributed by atoms with van der Waals surface area (Å²) in [5.41, 5.74) is 9.38. The molecule has 0 saturated carbocycles. The third-order valence-electron chi connectivity index (χ3n) is 3.53. The molecule has 0 aliphatic heterocycles. The maximum atomic E-state index is 12.3. The number of rotatable bonds is 4. The van der Waals surface area contributed by atoms with Gasteiger partial charge in [0, 0.05) is 29.5 Å². The van der Waals surface area contributed by atoms with E-state index in [-0.39, 0.29) is 11.9 Å². The van der Waals surface area contributed by atoms with Crippen molar-refractivity contribution in [1.29, 1.82) is 0 Å². The van der Waals surface area contributed by atoms with Crippen molar-refractivity contribution in [3.8, 4) is 11.3 Å². The zero-order valence-corrected chi connectivity index (χ0v) is 13.8. The van der Waals surface area contributed by atoms with Gasteiger partial charge in [0.25, 0.3) is 5.91 Å². The van der Waals surface area contributed by atoms with Gasteiger partial charge in [-0.2, -0.15) is 0 Å². The first-order chi connectivity index (χ1) is 11.5. The molecule has 3 aromatic rings. The fraction of sp³-hybridized carbons (Fsp3) is 0.118. The summed E-state index contributed by atoms with van der Waals surface area (Å²) in [6, 6.07) is 9.09. The van der Waals surface area contributed by atoms with Gasteiger partial charge in [-0.25, -0.2) is 9.97 Å². The third kappa shape index (κ3) is 3.55. The van der Waals surface area contributed by atoms with Gasteiger partial charge in [0.1, 0.15) is 5.69 Å². The molecule has 4 N–H and O–H groups in total. The lowest BCUT2D eigenvalue weighted by molar-refractivity contribution is 0.0946. The molecule has 0 atom stereocenters. The maximum absolute atomic E-state index is 12.3. The lowest BCUT2D eigenvalue weighted by Crippen LogP contribution is -2.23. The van der Waals surface area contributed by atoms with E-state index in [1.165, 1.54) is 0 Å². The maximum Gasteiger partial charge on any atom is 0.267 e. The minimum Gasteiger partial charge on any atom is -0.368 e. The SMILES string of the molecule is Cc1cnc(N)nc1-c1c[nH]c(C(=O)NCc2cccc(Cl)c2)c1. The number of H-pyrrole nitrogens is 1. The van der Waals surface area contributed by atoms with Crippen LogP contribution < -0.4 is 11.1 Å². The largest absolute Gasteiger partial charge is 0.368 e. The molecule has 6 nitrogen and oxygen atoms in total. The van der Waals surface area contributed by atoms with Crippen molar-refractivity contribution in [3.63, 3.8) is 0 Å². The van der Waals surface area contributed by atoms with E-state index in [2.05, 4.69) is 20.3 Å². The van der Waals surface area contributed by atoms with Gasteiger partial charge in [0.15, 0.2) is 0 Å². The number of benzene rings is 1. The van der Waals surface area contributed by atoms with Crippen molar-refractivity contribution in [2.45, 2.75) is 13.5 Å². The van der Waals surface area contributed by atoms with E-state index in [4.69, 9.17) is 17.3 Å². The lowest BCUT2D eigenvalue weighted by Gasteiger charge is -2.04. The molecule has 3 rings (SSSR count). The molecule has 1 amide bonds. The van der Waals surface area contributed by atoms with Crippen molar-refractivity contribution in [1.82, 2.24) is 20.3 Å². The Morgan fingerprint density at radius 3 is 3.00 bits per heavy atom. The number of amides is 1. The van der Waals surface area contributed by atoms with Crippen molar-refractivity contribution < 1.29 is 4.79 Å². The Hall–Kier alpha value is -2.86. The highest BCUT2D eigenvalue weighted by Crippen LogP contribution is 2.22. The summed E-state index contributed by atoms with van der Waals surface area (Å²) < 4.78 is 0. The van der Waals surface area contributed by atoms with Gasteiger partial charge < -0.3 is 16.0 Å². The molecule has 2 aromatic heterocycles. The predicted molar refractivity (Wildman–Crippen MR) is 93.6 cm³/mol. The van der Waals surface area contributed by atoms with Crippen molar-refractivity contribution in [2.75, 3.05) is 5.73 Å². The Bertz CT molecular complexity index is 890. The number of hydrogen-bond donors (Lipinski definition) is 3. The molecule has 0 saturated heterocycles. The highest BCUT2D eigenvalue weighted by molar-refractivity contribution is 6.30. The van der Waals surface area contributed by atoms with E-state index in [0.29, 0.717) is 23.0 Å². The van der Waals surface area contributed by atoms with Gasteiger partial charge >= 0.3 is 0 Å². The van der Waals surface area contributed by atoms with Gasteiger partial charge in [-0.05, 0) is 36.2 Å². The number of hydrogen-bond acceptors (Lipinski definition) is 4. The molecule has 122 valence electrons. The number of nitrogen functional groups attached to an aromatic ring is 1. The summed E-state index contributed by atoms with van der Waals surface area (Å²) in [5.74, 6) is -0.00957. The van der Waals surface area contributed by atoms with Crippen LogP contribution in [0.25, 0.3) is 11.3 Å². The first-order valence-corrected chi connectivity index (χ1v) is 7.71. The zero-order chi connectivity index (χ0) is 17.1. The minimum absolute atomic E-state index is 0.198. The van der Waals surface area contributed by atoms with Crippen LogP contribution in [0.1, 0.15) is 21.6 Å². The summed E-state index contributed by atoms with van der Waals surface area (Å²) >= 11 is 5.93. The van der Waals surface area contributed by atoms with Gasteiger partial charge in [0.2, 0.25) is 5.95 Å². The van der Waals surface area contributed by atoms with Crippen LogP contribution in [0.4, 0.5) is 5.95 Å². The van der Waals surface area contributed by atoms with Gasteiger partial charge in [-0.1, -0.05) is 23.7 Å². The Kier molecular flexibility index (Phi) is 4.48. The minimum atomic E-state index is -0.207. The van der Waals surface area contributed by atoms with E-state index in [9.17, 15) is 4.79 Å². The summed E-state index contributed by atoms with van der Waals surface area (Å²) in [6.07, 6.45) is 3.38. The Morgan fingerprint density at radius 1 is 1.38 bits per heavy atom. The average Bonchev–Trinajstić information content (AvgIpc) is 3.05. The molecule has 0 fully saturated rings. The predicted octanol–water partition coefficient (Wildman–Crippen LogP) is 2.95. The number of nitrogens with two attached hydrogens (primary N) is 1. The number of nitrogens with one attached hydrogen (secondary N) is 2. The number of halogens is 1. The Labute approximate surface area is 144 Å². The number of carbonyl (C=O) groups excluding carboxylic acids is 1. The number of carbonyl (C=O) groups is 1. The molecule has 1 aromatic carbocycles. The summed E-state index contributed by atoms with van der Waals surface area (Å²) in [5, 5.41) is 3.49. The van der Waals surface area contributed by atoms with Crippen molar-refractivity contribution in [2.24, 2.45) is 0 Å². The highest BCUT2D eigenvalue weighted by Gasteiger charge is 2.12. The molecule has 0 unspecified atom stereocenters. The van der Waals surface area contributed by atoms with Gasteiger partial charge in [-0.3, -0.25) is 4.79 Å². The Morgan fingerprint density at radius 2 is 2.21 bits per heavy atom. The molecule has 0 aliphatic rings. The first kappa shape index (κ1) is 16.0. The van der Waals surface area contributed by atoms with Crippen LogP contribution in [0.3, 0.4) is 0 Å². The molecular weight excluding hydrogens is 326 g/mol. The number of nitrogens with zero attached hydrogens (tertiary/aromatic N) is 2. The molecular formula is C17H16ClN5O. The number of aryl methyl sites for hydroxylation is 1. The summed E-state index contributed by atoms with van der Waals surface area (Å²) in [4.78, 5) is 23.4. The van der Waals surface area contributed by atoms with Crippen LogP contribution in [0.15, 0.2) is 42.7 Å².